The normalized spacial score (nSPS) is 19.4. The lowest BCUT2D eigenvalue weighted by Crippen LogP contribution is -2.28. The first-order valence-corrected chi connectivity index (χ1v) is 9.75. The number of hydrazone groups is 1. The number of nitrogens with zero attached hydrogens (tertiary/aromatic N) is 3. The monoisotopic (exact) mass is 436 g/mol. The molecule has 3 rings (SSSR count). The van der Waals surface area contributed by atoms with Crippen molar-refractivity contribution >= 4 is 29.0 Å². The second-order valence-electron chi connectivity index (χ2n) is 7.37. The van der Waals surface area contributed by atoms with E-state index in [9.17, 15) is 13.6 Å². The summed E-state index contributed by atoms with van der Waals surface area (Å²) < 4.78 is 27.8. The third-order valence-corrected chi connectivity index (χ3v) is 5.23. The van der Waals surface area contributed by atoms with Gasteiger partial charge in [-0.05, 0) is 30.0 Å². The fourth-order valence-electron chi connectivity index (χ4n) is 3.70. The zero-order valence-electron chi connectivity index (χ0n) is 16.4. The molecule has 30 heavy (non-hydrogen) atoms. The maximum absolute atomic E-state index is 13.9. The summed E-state index contributed by atoms with van der Waals surface area (Å²) in [7, 11) is 1.53. The molecular weight excluding hydrogens is 414 g/mol. The van der Waals surface area contributed by atoms with Crippen molar-refractivity contribution < 1.29 is 13.6 Å². The molecule has 7 nitrogen and oxygen atoms in total. The Hall–Kier alpha value is -2.78. The molecule has 1 aliphatic carbocycles. The number of amidine groups is 1. The standard InChI is InChI=1S/C20H23ClF2N6O/c1-29(25)28-18(24)13-4-2-12(3-5-13)17(14-6-8-20(22,23)11-14)19(30)27-15-7-9-26-16(21)10-15/h2-5,7,9-10,14,17H,6,8,11,25H2,1H3,(H2,24,28)(H,26,27,30). The van der Waals surface area contributed by atoms with E-state index in [1.54, 1.807) is 30.3 Å². The van der Waals surface area contributed by atoms with E-state index in [-0.39, 0.29) is 36.2 Å². The molecule has 0 bridgehead atoms. The number of hydrogen-bond donors (Lipinski definition) is 3. The Morgan fingerprint density at radius 1 is 1.37 bits per heavy atom. The predicted octanol–water partition coefficient (Wildman–Crippen LogP) is 3.32. The number of alkyl halides is 2. The third-order valence-electron chi connectivity index (χ3n) is 5.02. The number of aromatic nitrogens is 1. The molecule has 2 unspecified atom stereocenters. The number of nitrogens with one attached hydrogen (secondary N) is 1. The highest BCUT2D eigenvalue weighted by Crippen LogP contribution is 2.45. The number of rotatable bonds is 6. The molecule has 1 amide bonds. The first kappa shape index (κ1) is 21.9. The van der Waals surface area contributed by atoms with E-state index in [0.29, 0.717) is 16.8 Å². The molecular formula is C20H23ClF2N6O. The molecule has 2 aromatic rings. The maximum Gasteiger partial charge on any atom is 0.248 e. The van der Waals surface area contributed by atoms with Crippen LogP contribution in [0.15, 0.2) is 47.7 Å². The lowest BCUT2D eigenvalue weighted by atomic mass is 9.83. The van der Waals surface area contributed by atoms with Crippen molar-refractivity contribution in [1.29, 1.82) is 0 Å². The Morgan fingerprint density at radius 3 is 2.63 bits per heavy atom. The van der Waals surface area contributed by atoms with Crippen LogP contribution in [0.4, 0.5) is 14.5 Å². The van der Waals surface area contributed by atoms with Crippen molar-refractivity contribution in [2.75, 3.05) is 12.4 Å². The number of anilines is 1. The summed E-state index contributed by atoms with van der Waals surface area (Å²) in [6.45, 7) is 0. The summed E-state index contributed by atoms with van der Waals surface area (Å²) in [5, 5.41) is 8.00. The lowest BCUT2D eigenvalue weighted by Gasteiger charge is -2.24. The summed E-state index contributed by atoms with van der Waals surface area (Å²) in [4.78, 5) is 17.0. The minimum atomic E-state index is -2.77. The zero-order valence-corrected chi connectivity index (χ0v) is 17.1. The molecule has 2 atom stereocenters. The fourth-order valence-corrected chi connectivity index (χ4v) is 3.87. The smallest absolute Gasteiger partial charge is 0.248 e. The van der Waals surface area contributed by atoms with Gasteiger partial charge in [-0.15, -0.1) is 5.10 Å². The highest BCUT2D eigenvalue weighted by molar-refractivity contribution is 6.29. The van der Waals surface area contributed by atoms with Crippen LogP contribution < -0.4 is 16.9 Å². The molecule has 1 aromatic heterocycles. The number of benzene rings is 1. The largest absolute Gasteiger partial charge is 0.382 e. The Bertz CT molecular complexity index is 935. The second kappa shape index (κ2) is 8.93. The van der Waals surface area contributed by atoms with Gasteiger partial charge in [-0.3, -0.25) is 4.79 Å². The predicted molar refractivity (Wildman–Crippen MR) is 112 cm³/mol. The zero-order chi connectivity index (χ0) is 21.9. The SMILES string of the molecule is CN(N)/N=C(\N)c1ccc(C(C(=O)Nc2ccnc(Cl)c2)C2CCC(F)(F)C2)cc1. The Labute approximate surface area is 178 Å². The van der Waals surface area contributed by atoms with E-state index in [1.807, 2.05) is 0 Å². The first-order chi connectivity index (χ1) is 14.1. The summed E-state index contributed by atoms with van der Waals surface area (Å²) in [6, 6.07) is 9.88. The number of hydrazine groups is 1. The van der Waals surface area contributed by atoms with Crippen LogP contribution in [0, 0.1) is 5.92 Å². The van der Waals surface area contributed by atoms with Gasteiger partial charge in [-0.2, -0.15) is 0 Å². The van der Waals surface area contributed by atoms with E-state index in [2.05, 4.69) is 15.4 Å². The maximum atomic E-state index is 13.9. The Balaban J connectivity index is 1.89. The van der Waals surface area contributed by atoms with Crippen molar-refractivity contribution in [1.82, 2.24) is 10.1 Å². The molecule has 1 saturated carbocycles. The summed E-state index contributed by atoms with van der Waals surface area (Å²) >= 11 is 5.88. The topological polar surface area (TPSA) is 110 Å². The highest BCUT2D eigenvalue weighted by Gasteiger charge is 2.45. The van der Waals surface area contributed by atoms with Crippen LogP contribution >= 0.6 is 11.6 Å². The molecule has 0 radical (unpaired) electrons. The van der Waals surface area contributed by atoms with Gasteiger partial charge in [0.15, 0.2) is 5.84 Å². The van der Waals surface area contributed by atoms with E-state index < -0.39 is 17.8 Å². The molecule has 1 heterocycles. The molecule has 0 spiro atoms. The van der Waals surface area contributed by atoms with Gasteiger partial charge in [0, 0.05) is 37.3 Å². The van der Waals surface area contributed by atoms with Crippen molar-refractivity contribution in [3.63, 3.8) is 0 Å². The van der Waals surface area contributed by atoms with Gasteiger partial charge in [0.1, 0.15) is 5.15 Å². The first-order valence-electron chi connectivity index (χ1n) is 9.38. The number of amides is 1. The van der Waals surface area contributed by atoms with Crippen LogP contribution in [0.2, 0.25) is 5.15 Å². The molecule has 1 aliphatic rings. The second-order valence-corrected chi connectivity index (χ2v) is 7.76. The average molecular weight is 437 g/mol. The van der Waals surface area contributed by atoms with Gasteiger partial charge in [-0.1, -0.05) is 35.9 Å². The molecule has 0 saturated heterocycles. The van der Waals surface area contributed by atoms with Crippen molar-refractivity contribution in [2.24, 2.45) is 22.6 Å². The van der Waals surface area contributed by atoms with Crippen LogP contribution in [0.5, 0.6) is 0 Å². The van der Waals surface area contributed by atoms with Gasteiger partial charge in [-0.25, -0.2) is 24.7 Å². The van der Waals surface area contributed by atoms with E-state index >= 15 is 0 Å². The molecule has 160 valence electrons. The summed E-state index contributed by atoms with van der Waals surface area (Å²) in [6.07, 6.45) is 1.14. The Kier molecular flexibility index (Phi) is 6.52. The van der Waals surface area contributed by atoms with Crippen LogP contribution in [-0.2, 0) is 4.79 Å². The van der Waals surface area contributed by atoms with Gasteiger partial charge >= 0.3 is 0 Å². The highest BCUT2D eigenvalue weighted by atomic mass is 35.5. The number of hydrogen-bond acceptors (Lipinski definition) is 5. The van der Waals surface area contributed by atoms with E-state index in [1.165, 1.54) is 19.3 Å². The number of nitrogens with two attached hydrogens (primary N) is 2. The number of pyridine rings is 1. The minimum absolute atomic E-state index is 0.200. The Morgan fingerprint density at radius 2 is 2.07 bits per heavy atom. The molecule has 1 aromatic carbocycles. The minimum Gasteiger partial charge on any atom is -0.382 e. The van der Waals surface area contributed by atoms with Gasteiger partial charge in [0.05, 0.1) is 5.92 Å². The van der Waals surface area contributed by atoms with Crippen molar-refractivity contribution in [2.45, 2.75) is 31.1 Å². The lowest BCUT2D eigenvalue weighted by molar-refractivity contribution is -0.118. The molecule has 1 fully saturated rings. The third kappa shape index (κ3) is 5.43. The van der Waals surface area contributed by atoms with Gasteiger partial charge < -0.3 is 11.1 Å². The summed E-state index contributed by atoms with van der Waals surface area (Å²) in [5.74, 6) is 1.27. The van der Waals surface area contributed by atoms with Crippen LogP contribution in [0.1, 0.15) is 36.3 Å². The molecule has 5 N–H and O–H groups in total. The summed E-state index contributed by atoms with van der Waals surface area (Å²) in [5.41, 5.74) is 7.56. The quantitative estimate of drug-likeness (QED) is 0.211. The van der Waals surface area contributed by atoms with Crippen molar-refractivity contribution in [3.05, 3.63) is 58.9 Å². The molecule has 10 heteroatoms. The number of carbonyl (C=O) groups excluding carboxylic acids is 1. The molecule has 0 aliphatic heterocycles. The van der Waals surface area contributed by atoms with Crippen molar-refractivity contribution in [3.8, 4) is 0 Å². The van der Waals surface area contributed by atoms with E-state index in [4.69, 9.17) is 23.2 Å². The van der Waals surface area contributed by atoms with Gasteiger partial charge in [0.2, 0.25) is 11.8 Å². The average Bonchev–Trinajstić information content (AvgIpc) is 3.01. The number of halogens is 3. The van der Waals surface area contributed by atoms with Crippen LogP contribution in [0.25, 0.3) is 0 Å². The number of carbonyl (C=O) groups is 1. The van der Waals surface area contributed by atoms with E-state index in [0.717, 1.165) is 5.12 Å². The van der Waals surface area contributed by atoms with Gasteiger partial charge in [0.25, 0.3) is 0 Å². The van der Waals surface area contributed by atoms with Crippen LogP contribution in [-0.4, -0.2) is 34.8 Å². The van der Waals surface area contributed by atoms with Crippen LogP contribution in [0.3, 0.4) is 0 Å². The fraction of sp³-hybridized carbons (Fsp3) is 0.350.